The maximum atomic E-state index is 5.96. The maximum Gasteiger partial charge on any atom is 0.0951 e. The van der Waals surface area contributed by atoms with Crippen LogP contribution in [0.3, 0.4) is 0 Å². The van der Waals surface area contributed by atoms with Gasteiger partial charge in [-0.2, -0.15) is 0 Å². The highest BCUT2D eigenvalue weighted by Gasteiger charge is 2.40. The van der Waals surface area contributed by atoms with E-state index in [9.17, 15) is 0 Å². The van der Waals surface area contributed by atoms with Gasteiger partial charge in [-0.05, 0) is 38.8 Å². The van der Waals surface area contributed by atoms with Gasteiger partial charge in [-0.15, -0.1) is 0 Å². The Morgan fingerprint density at radius 3 is 2.89 bits per heavy atom. The molecule has 0 radical (unpaired) electrons. The van der Waals surface area contributed by atoms with E-state index in [2.05, 4.69) is 10.2 Å². The molecular formula is C14H26N2O2. The Morgan fingerprint density at radius 1 is 1.22 bits per heavy atom. The summed E-state index contributed by atoms with van der Waals surface area (Å²) in [5.41, 5.74) is 0.0452. The zero-order valence-corrected chi connectivity index (χ0v) is 11.3. The number of ether oxygens (including phenoxy) is 2. The Bertz CT molecular complexity index is 261. The molecule has 0 aliphatic carbocycles. The lowest BCUT2D eigenvalue weighted by molar-refractivity contribution is -0.0893. The molecule has 0 aromatic heterocycles. The summed E-state index contributed by atoms with van der Waals surface area (Å²) in [6.07, 6.45) is 6.14. The average molecular weight is 254 g/mol. The van der Waals surface area contributed by atoms with E-state index in [0.717, 1.165) is 45.6 Å². The fourth-order valence-corrected chi connectivity index (χ4v) is 3.50. The minimum absolute atomic E-state index is 0.0452. The normalized spacial score (nSPS) is 37.7. The Kier molecular flexibility index (Phi) is 4.19. The Labute approximate surface area is 110 Å². The first-order valence-corrected chi connectivity index (χ1v) is 7.54. The summed E-state index contributed by atoms with van der Waals surface area (Å²) in [5, 5.41) is 3.72. The summed E-state index contributed by atoms with van der Waals surface area (Å²) >= 11 is 0. The van der Waals surface area contributed by atoms with Gasteiger partial charge in [-0.3, -0.25) is 0 Å². The Morgan fingerprint density at radius 2 is 2.11 bits per heavy atom. The van der Waals surface area contributed by atoms with Gasteiger partial charge in [-0.25, -0.2) is 0 Å². The monoisotopic (exact) mass is 254 g/mol. The van der Waals surface area contributed by atoms with Crippen molar-refractivity contribution in [1.82, 2.24) is 10.2 Å². The van der Waals surface area contributed by atoms with Crippen LogP contribution in [-0.2, 0) is 9.47 Å². The highest BCUT2D eigenvalue weighted by molar-refractivity contribution is 4.92. The first-order chi connectivity index (χ1) is 8.86. The molecular weight excluding hydrogens is 228 g/mol. The Balaban J connectivity index is 1.39. The molecule has 18 heavy (non-hydrogen) atoms. The number of likely N-dealkylation sites (tertiary alicyclic amines) is 1. The molecule has 1 N–H and O–H groups in total. The summed E-state index contributed by atoms with van der Waals surface area (Å²) < 4.78 is 11.5. The summed E-state index contributed by atoms with van der Waals surface area (Å²) in [4.78, 5) is 2.57. The predicted molar refractivity (Wildman–Crippen MR) is 70.8 cm³/mol. The van der Waals surface area contributed by atoms with E-state index in [1.54, 1.807) is 0 Å². The van der Waals surface area contributed by atoms with Crippen LogP contribution in [0.25, 0.3) is 0 Å². The third-order valence-electron chi connectivity index (χ3n) is 4.62. The van der Waals surface area contributed by atoms with E-state index in [0.29, 0.717) is 6.04 Å². The van der Waals surface area contributed by atoms with Crippen molar-refractivity contribution in [2.75, 3.05) is 46.0 Å². The van der Waals surface area contributed by atoms with Crippen LogP contribution >= 0.6 is 0 Å². The van der Waals surface area contributed by atoms with Crippen LogP contribution in [0.2, 0.25) is 0 Å². The molecule has 3 heterocycles. The molecule has 104 valence electrons. The van der Waals surface area contributed by atoms with Crippen LogP contribution < -0.4 is 5.32 Å². The summed E-state index contributed by atoms with van der Waals surface area (Å²) in [6, 6.07) is 0.628. The van der Waals surface area contributed by atoms with Crippen molar-refractivity contribution < 1.29 is 9.47 Å². The second kappa shape index (κ2) is 5.87. The van der Waals surface area contributed by atoms with Gasteiger partial charge >= 0.3 is 0 Å². The van der Waals surface area contributed by atoms with Crippen LogP contribution in [-0.4, -0.2) is 62.5 Å². The van der Waals surface area contributed by atoms with Crippen molar-refractivity contribution in [3.63, 3.8) is 0 Å². The van der Waals surface area contributed by atoms with E-state index in [1.165, 1.54) is 32.5 Å². The number of hydrogen-bond donors (Lipinski definition) is 1. The fraction of sp³-hybridized carbons (Fsp3) is 1.00. The molecule has 0 amide bonds. The number of rotatable bonds is 4. The molecule has 1 spiro atoms. The van der Waals surface area contributed by atoms with Crippen LogP contribution in [0.5, 0.6) is 0 Å². The summed E-state index contributed by atoms with van der Waals surface area (Å²) in [7, 11) is 0. The van der Waals surface area contributed by atoms with Crippen molar-refractivity contribution in [1.29, 1.82) is 0 Å². The standard InChI is InChI=1S/C14H26N2O2/c1-2-7-16(6-1)8-5-15-13-3-9-18-14(11-13)4-10-17-12-14/h13,15H,1-12H2. The van der Waals surface area contributed by atoms with Crippen molar-refractivity contribution in [2.45, 2.75) is 43.7 Å². The highest BCUT2D eigenvalue weighted by atomic mass is 16.6. The lowest BCUT2D eigenvalue weighted by atomic mass is 9.90. The molecule has 0 aromatic carbocycles. The van der Waals surface area contributed by atoms with E-state index >= 15 is 0 Å². The molecule has 4 nitrogen and oxygen atoms in total. The third-order valence-corrected chi connectivity index (χ3v) is 4.62. The van der Waals surface area contributed by atoms with Crippen molar-refractivity contribution >= 4 is 0 Å². The van der Waals surface area contributed by atoms with E-state index in [1.807, 2.05) is 0 Å². The molecule has 2 unspecified atom stereocenters. The van der Waals surface area contributed by atoms with Crippen LogP contribution in [0, 0.1) is 0 Å². The zero-order chi connectivity index (χ0) is 12.3. The van der Waals surface area contributed by atoms with Crippen molar-refractivity contribution in [3.05, 3.63) is 0 Å². The van der Waals surface area contributed by atoms with E-state index in [-0.39, 0.29) is 5.60 Å². The van der Waals surface area contributed by atoms with Gasteiger partial charge in [0, 0.05) is 38.8 Å². The van der Waals surface area contributed by atoms with Crippen LogP contribution in [0.15, 0.2) is 0 Å². The summed E-state index contributed by atoms with van der Waals surface area (Å²) in [6.45, 7) is 7.51. The van der Waals surface area contributed by atoms with Gasteiger partial charge in [0.2, 0.25) is 0 Å². The second-order valence-electron chi connectivity index (χ2n) is 6.03. The second-order valence-corrected chi connectivity index (χ2v) is 6.03. The number of nitrogens with zero attached hydrogens (tertiary/aromatic N) is 1. The molecule has 3 aliphatic rings. The van der Waals surface area contributed by atoms with Gasteiger partial charge < -0.3 is 19.7 Å². The lowest BCUT2D eigenvalue weighted by Gasteiger charge is -2.37. The van der Waals surface area contributed by atoms with Gasteiger partial charge in [-0.1, -0.05) is 0 Å². The minimum Gasteiger partial charge on any atom is -0.378 e. The number of nitrogens with one attached hydrogen (secondary N) is 1. The molecule has 3 saturated heterocycles. The first-order valence-electron chi connectivity index (χ1n) is 7.54. The summed E-state index contributed by atoms with van der Waals surface area (Å²) in [5.74, 6) is 0. The van der Waals surface area contributed by atoms with Gasteiger partial charge in [0.1, 0.15) is 0 Å². The SMILES string of the molecule is C1CCN(CCNC2CCOC3(CCOC3)C2)C1. The Hall–Kier alpha value is -0.160. The molecule has 3 rings (SSSR count). The molecule has 4 heteroatoms. The minimum atomic E-state index is 0.0452. The van der Waals surface area contributed by atoms with Gasteiger partial charge in [0.25, 0.3) is 0 Å². The molecule has 3 fully saturated rings. The van der Waals surface area contributed by atoms with Crippen LogP contribution in [0.4, 0.5) is 0 Å². The van der Waals surface area contributed by atoms with E-state index in [4.69, 9.17) is 9.47 Å². The molecule has 3 aliphatic heterocycles. The largest absolute Gasteiger partial charge is 0.378 e. The van der Waals surface area contributed by atoms with Crippen molar-refractivity contribution in [2.24, 2.45) is 0 Å². The molecule has 0 aromatic rings. The van der Waals surface area contributed by atoms with Crippen molar-refractivity contribution in [3.8, 4) is 0 Å². The lowest BCUT2D eigenvalue weighted by Crippen LogP contribution is -2.48. The predicted octanol–water partition coefficient (Wildman–Crippen LogP) is 1.01. The maximum absolute atomic E-state index is 5.96. The average Bonchev–Trinajstić information content (AvgIpc) is 3.02. The molecule has 0 saturated carbocycles. The fourth-order valence-electron chi connectivity index (χ4n) is 3.50. The molecule has 2 atom stereocenters. The molecule has 0 bridgehead atoms. The first kappa shape index (κ1) is 12.9. The highest BCUT2D eigenvalue weighted by Crippen LogP contribution is 2.32. The van der Waals surface area contributed by atoms with Gasteiger partial charge in [0.05, 0.1) is 12.2 Å². The smallest absolute Gasteiger partial charge is 0.0951 e. The number of hydrogen-bond acceptors (Lipinski definition) is 4. The van der Waals surface area contributed by atoms with E-state index < -0.39 is 0 Å². The quantitative estimate of drug-likeness (QED) is 0.812. The zero-order valence-electron chi connectivity index (χ0n) is 11.3. The third kappa shape index (κ3) is 3.05. The van der Waals surface area contributed by atoms with Gasteiger partial charge in [0.15, 0.2) is 0 Å². The topological polar surface area (TPSA) is 33.7 Å². The van der Waals surface area contributed by atoms with Crippen LogP contribution in [0.1, 0.15) is 32.1 Å².